The van der Waals surface area contributed by atoms with Gasteiger partial charge in [0.25, 0.3) is 5.91 Å². The van der Waals surface area contributed by atoms with Crippen molar-refractivity contribution in [3.05, 3.63) is 58.9 Å². The van der Waals surface area contributed by atoms with Crippen molar-refractivity contribution >= 4 is 67.6 Å². The van der Waals surface area contributed by atoms with E-state index < -0.39 is 0 Å². The lowest BCUT2D eigenvalue weighted by Crippen LogP contribution is -2.37. The topological polar surface area (TPSA) is 62.2 Å². The van der Waals surface area contributed by atoms with Crippen LogP contribution in [0.5, 0.6) is 0 Å². The zero-order valence-corrected chi connectivity index (χ0v) is 19.2. The molecule has 0 aliphatic carbocycles. The Hall–Kier alpha value is -2.32. The molecule has 156 valence electrons. The Labute approximate surface area is 189 Å². The normalized spacial score (nSPS) is 11.1. The van der Waals surface area contributed by atoms with E-state index >= 15 is 0 Å². The summed E-state index contributed by atoms with van der Waals surface area (Å²) in [5.74, 6) is -0.215. The van der Waals surface area contributed by atoms with Gasteiger partial charge in [0.05, 0.1) is 27.4 Å². The standard InChI is InChI=1S/C21H20ClN5OS.ClH/c1-13-10-14(22)11-18-19(13)25-21(29-18)27(9-8-26(2)3)20(28)17-12-23-15-6-4-5-7-16(15)24-17;/h4-7,10-12H,8-9H2,1-3H3;1H. The maximum atomic E-state index is 13.4. The molecule has 1 amide bonds. The number of aryl methyl sites for hydroxylation is 1. The van der Waals surface area contributed by atoms with Crippen LogP contribution >= 0.6 is 35.3 Å². The van der Waals surface area contributed by atoms with E-state index in [1.165, 1.54) is 17.5 Å². The first-order valence-electron chi connectivity index (χ1n) is 9.17. The molecule has 0 spiro atoms. The van der Waals surface area contributed by atoms with Crippen molar-refractivity contribution in [1.82, 2.24) is 19.9 Å². The van der Waals surface area contributed by atoms with Crippen molar-refractivity contribution < 1.29 is 4.79 Å². The van der Waals surface area contributed by atoms with Gasteiger partial charge in [-0.1, -0.05) is 35.1 Å². The number of likely N-dealkylation sites (N-methyl/N-ethyl adjacent to an activating group) is 1. The molecule has 0 atom stereocenters. The van der Waals surface area contributed by atoms with Crippen LogP contribution in [0, 0.1) is 6.92 Å². The number of carbonyl (C=O) groups excluding carboxylic acids is 1. The van der Waals surface area contributed by atoms with Crippen LogP contribution in [-0.2, 0) is 0 Å². The van der Waals surface area contributed by atoms with Gasteiger partial charge in [-0.25, -0.2) is 9.97 Å². The van der Waals surface area contributed by atoms with E-state index in [2.05, 4.69) is 9.97 Å². The second kappa shape index (κ2) is 9.22. The van der Waals surface area contributed by atoms with Crippen LogP contribution in [0.3, 0.4) is 0 Å². The minimum absolute atomic E-state index is 0. The van der Waals surface area contributed by atoms with E-state index in [0.29, 0.717) is 34.5 Å². The van der Waals surface area contributed by atoms with E-state index in [9.17, 15) is 4.79 Å². The van der Waals surface area contributed by atoms with Crippen LogP contribution in [0.15, 0.2) is 42.6 Å². The number of halogens is 2. The number of fused-ring (bicyclic) bond motifs is 2. The molecule has 0 unspecified atom stereocenters. The fourth-order valence-electron chi connectivity index (χ4n) is 3.04. The van der Waals surface area contributed by atoms with Crippen molar-refractivity contribution in [3.63, 3.8) is 0 Å². The van der Waals surface area contributed by atoms with Crippen LogP contribution in [0.4, 0.5) is 5.13 Å². The number of carbonyl (C=O) groups is 1. The number of benzene rings is 2. The number of para-hydroxylation sites is 2. The van der Waals surface area contributed by atoms with Crippen molar-refractivity contribution in [1.29, 1.82) is 0 Å². The monoisotopic (exact) mass is 461 g/mol. The van der Waals surface area contributed by atoms with Gasteiger partial charge in [0.2, 0.25) is 0 Å². The van der Waals surface area contributed by atoms with Gasteiger partial charge in [0.1, 0.15) is 5.69 Å². The summed E-state index contributed by atoms with van der Waals surface area (Å²) in [6.07, 6.45) is 1.53. The fourth-order valence-corrected chi connectivity index (χ4v) is 4.49. The lowest BCUT2D eigenvalue weighted by Gasteiger charge is -2.21. The molecule has 30 heavy (non-hydrogen) atoms. The first-order chi connectivity index (χ1) is 13.9. The first kappa shape index (κ1) is 22.4. The van der Waals surface area contributed by atoms with Gasteiger partial charge in [-0.15, -0.1) is 12.4 Å². The molecule has 0 bridgehead atoms. The van der Waals surface area contributed by atoms with Crippen molar-refractivity contribution in [2.24, 2.45) is 0 Å². The Balaban J connectivity index is 0.00000256. The molecule has 0 aliphatic rings. The molecule has 0 N–H and O–H groups in total. The average molecular weight is 462 g/mol. The summed E-state index contributed by atoms with van der Waals surface area (Å²) in [6, 6.07) is 11.3. The maximum absolute atomic E-state index is 13.4. The molecule has 9 heteroatoms. The molecule has 2 aromatic heterocycles. The summed E-state index contributed by atoms with van der Waals surface area (Å²) in [5.41, 5.74) is 3.60. The van der Waals surface area contributed by atoms with Gasteiger partial charge in [0.15, 0.2) is 5.13 Å². The van der Waals surface area contributed by atoms with Gasteiger partial charge in [0, 0.05) is 18.1 Å². The minimum atomic E-state index is -0.215. The number of rotatable bonds is 5. The SMILES string of the molecule is Cc1cc(Cl)cc2sc(N(CCN(C)C)C(=O)c3cnc4ccccc4n3)nc12.Cl. The van der Waals surface area contributed by atoms with Crippen LogP contribution in [0.25, 0.3) is 21.3 Å². The fraction of sp³-hybridized carbons (Fsp3) is 0.238. The molecule has 2 aromatic carbocycles. The van der Waals surface area contributed by atoms with Gasteiger partial charge in [-0.05, 0) is 50.8 Å². The predicted molar refractivity (Wildman–Crippen MR) is 126 cm³/mol. The van der Waals surface area contributed by atoms with Crippen LogP contribution in [0.1, 0.15) is 16.1 Å². The van der Waals surface area contributed by atoms with Crippen LogP contribution in [0.2, 0.25) is 5.02 Å². The van der Waals surface area contributed by atoms with Crippen molar-refractivity contribution in [3.8, 4) is 0 Å². The zero-order chi connectivity index (χ0) is 20.5. The number of aromatic nitrogens is 3. The van der Waals surface area contributed by atoms with Gasteiger partial charge in [-0.2, -0.15) is 0 Å². The quantitative estimate of drug-likeness (QED) is 0.425. The van der Waals surface area contributed by atoms with E-state index in [4.69, 9.17) is 16.6 Å². The van der Waals surface area contributed by atoms with E-state index in [0.717, 1.165) is 21.3 Å². The molecule has 6 nitrogen and oxygen atoms in total. The average Bonchev–Trinajstić information content (AvgIpc) is 3.11. The summed E-state index contributed by atoms with van der Waals surface area (Å²) in [5, 5.41) is 1.30. The smallest absolute Gasteiger partial charge is 0.280 e. The first-order valence-corrected chi connectivity index (χ1v) is 10.4. The highest BCUT2D eigenvalue weighted by molar-refractivity contribution is 7.22. The van der Waals surface area contributed by atoms with Gasteiger partial charge < -0.3 is 4.90 Å². The lowest BCUT2D eigenvalue weighted by atomic mass is 10.2. The highest BCUT2D eigenvalue weighted by atomic mass is 35.5. The van der Waals surface area contributed by atoms with Crippen molar-refractivity contribution in [2.75, 3.05) is 32.1 Å². The minimum Gasteiger partial charge on any atom is -0.308 e. The number of amides is 1. The van der Waals surface area contributed by atoms with E-state index in [1.807, 2.05) is 62.3 Å². The molecule has 0 aliphatic heterocycles. The zero-order valence-electron chi connectivity index (χ0n) is 16.8. The molecule has 0 saturated heterocycles. The molecule has 0 fully saturated rings. The Kier molecular flexibility index (Phi) is 6.88. The summed E-state index contributed by atoms with van der Waals surface area (Å²) < 4.78 is 0.956. The largest absolute Gasteiger partial charge is 0.308 e. The molecule has 0 saturated carbocycles. The number of thiazole rings is 1. The number of nitrogens with zero attached hydrogens (tertiary/aromatic N) is 5. The molecular formula is C21H21Cl2N5OS. The van der Waals surface area contributed by atoms with Gasteiger partial charge in [-0.3, -0.25) is 14.7 Å². The highest BCUT2D eigenvalue weighted by Gasteiger charge is 2.23. The molecule has 2 heterocycles. The molecule has 0 radical (unpaired) electrons. The highest BCUT2D eigenvalue weighted by Crippen LogP contribution is 2.33. The van der Waals surface area contributed by atoms with Crippen LogP contribution in [-0.4, -0.2) is 52.9 Å². The lowest BCUT2D eigenvalue weighted by molar-refractivity contribution is 0.0980. The summed E-state index contributed by atoms with van der Waals surface area (Å²) in [4.78, 5) is 30.7. The third-order valence-electron chi connectivity index (χ3n) is 4.55. The maximum Gasteiger partial charge on any atom is 0.280 e. The van der Waals surface area contributed by atoms with Crippen molar-refractivity contribution in [2.45, 2.75) is 6.92 Å². The number of hydrogen-bond donors (Lipinski definition) is 0. The Morgan fingerprint density at radius 2 is 1.83 bits per heavy atom. The number of anilines is 1. The molecule has 4 aromatic rings. The summed E-state index contributed by atoms with van der Waals surface area (Å²) >= 11 is 7.66. The predicted octanol–water partition coefficient (Wildman–Crippen LogP) is 4.83. The van der Waals surface area contributed by atoms with Gasteiger partial charge >= 0.3 is 0 Å². The number of hydrogen-bond acceptors (Lipinski definition) is 6. The van der Waals surface area contributed by atoms with E-state index in [1.54, 1.807) is 4.90 Å². The van der Waals surface area contributed by atoms with Crippen LogP contribution < -0.4 is 4.90 Å². The Morgan fingerprint density at radius 1 is 1.10 bits per heavy atom. The molecule has 4 rings (SSSR count). The summed E-state index contributed by atoms with van der Waals surface area (Å²) in [6.45, 7) is 3.16. The molecular weight excluding hydrogens is 441 g/mol. The third-order valence-corrected chi connectivity index (χ3v) is 5.80. The third kappa shape index (κ3) is 4.54. The second-order valence-corrected chi connectivity index (χ2v) is 8.52. The Bertz CT molecular complexity index is 1210. The Morgan fingerprint density at radius 3 is 2.57 bits per heavy atom. The second-order valence-electron chi connectivity index (χ2n) is 7.07. The van der Waals surface area contributed by atoms with E-state index in [-0.39, 0.29) is 18.3 Å². The summed E-state index contributed by atoms with van der Waals surface area (Å²) in [7, 11) is 3.95.